The fourth-order valence-corrected chi connectivity index (χ4v) is 2.77. The molecule has 2 aromatic carbocycles. The van der Waals surface area contributed by atoms with Crippen LogP contribution in [0, 0.1) is 0 Å². The summed E-state index contributed by atoms with van der Waals surface area (Å²) in [5.41, 5.74) is 2.38. The van der Waals surface area contributed by atoms with Gasteiger partial charge >= 0.3 is 0 Å². The van der Waals surface area contributed by atoms with Crippen molar-refractivity contribution in [3.05, 3.63) is 65.2 Å². The van der Waals surface area contributed by atoms with E-state index in [9.17, 15) is 9.59 Å². The molecular formula is C18H15ClN2O2. The topological polar surface area (TPSA) is 40.6 Å². The van der Waals surface area contributed by atoms with Crippen LogP contribution >= 0.6 is 11.6 Å². The quantitative estimate of drug-likeness (QED) is 0.813. The zero-order chi connectivity index (χ0) is 16.6. The number of amides is 2. The lowest BCUT2D eigenvalue weighted by Gasteiger charge is -2.17. The van der Waals surface area contributed by atoms with Crippen LogP contribution in [0.1, 0.15) is 5.56 Å². The summed E-state index contributed by atoms with van der Waals surface area (Å²) in [5.74, 6) is -0.892. The van der Waals surface area contributed by atoms with Gasteiger partial charge in [0.05, 0.1) is 11.3 Å². The Morgan fingerprint density at radius 1 is 0.870 bits per heavy atom. The average molecular weight is 327 g/mol. The molecule has 0 aliphatic carbocycles. The SMILES string of the molecule is CN(C)c1ccc(N2C(=O)C(Cl)=C(c3ccccc3)C2=O)cc1. The van der Waals surface area contributed by atoms with Gasteiger partial charge in [0.2, 0.25) is 0 Å². The van der Waals surface area contributed by atoms with E-state index in [4.69, 9.17) is 11.6 Å². The first-order chi connectivity index (χ1) is 11.0. The fourth-order valence-electron chi connectivity index (χ4n) is 2.49. The molecule has 0 bridgehead atoms. The van der Waals surface area contributed by atoms with Crippen molar-refractivity contribution in [1.82, 2.24) is 0 Å². The molecule has 0 aromatic heterocycles. The average Bonchev–Trinajstić information content (AvgIpc) is 2.78. The molecular weight excluding hydrogens is 312 g/mol. The van der Waals surface area contributed by atoms with Crippen LogP contribution in [0.4, 0.5) is 11.4 Å². The molecule has 2 aromatic rings. The summed E-state index contributed by atoms with van der Waals surface area (Å²) >= 11 is 6.14. The number of halogens is 1. The van der Waals surface area contributed by atoms with Crippen LogP contribution in [0.5, 0.6) is 0 Å². The zero-order valence-corrected chi connectivity index (χ0v) is 13.5. The molecule has 4 nitrogen and oxygen atoms in total. The molecule has 0 saturated heterocycles. The van der Waals surface area contributed by atoms with Crippen molar-refractivity contribution < 1.29 is 9.59 Å². The van der Waals surface area contributed by atoms with Crippen molar-refractivity contribution in [2.75, 3.05) is 23.9 Å². The Bertz CT molecular complexity index is 796. The first-order valence-electron chi connectivity index (χ1n) is 7.12. The number of rotatable bonds is 3. The van der Waals surface area contributed by atoms with Crippen LogP contribution in [-0.4, -0.2) is 25.9 Å². The second-order valence-electron chi connectivity index (χ2n) is 5.41. The van der Waals surface area contributed by atoms with Crippen molar-refractivity contribution in [3.8, 4) is 0 Å². The lowest BCUT2D eigenvalue weighted by Crippen LogP contribution is -2.31. The van der Waals surface area contributed by atoms with E-state index in [2.05, 4.69) is 0 Å². The summed E-state index contributed by atoms with van der Waals surface area (Å²) in [5, 5.41) is -0.0436. The second-order valence-corrected chi connectivity index (χ2v) is 5.79. The van der Waals surface area contributed by atoms with E-state index in [1.807, 2.05) is 37.2 Å². The van der Waals surface area contributed by atoms with Crippen LogP contribution in [0.2, 0.25) is 0 Å². The highest BCUT2D eigenvalue weighted by molar-refractivity contribution is 6.60. The smallest absolute Gasteiger partial charge is 0.277 e. The van der Waals surface area contributed by atoms with E-state index in [0.717, 1.165) is 10.6 Å². The zero-order valence-electron chi connectivity index (χ0n) is 12.8. The molecule has 1 heterocycles. The molecule has 116 valence electrons. The molecule has 1 aliphatic rings. The third-order valence-electron chi connectivity index (χ3n) is 3.71. The highest BCUT2D eigenvalue weighted by Gasteiger charge is 2.39. The second kappa shape index (κ2) is 5.89. The van der Waals surface area contributed by atoms with E-state index < -0.39 is 11.8 Å². The van der Waals surface area contributed by atoms with Crippen LogP contribution in [0.25, 0.3) is 5.57 Å². The highest BCUT2D eigenvalue weighted by Crippen LogP contribution is 2.35. The van der Waals surface area contributed by atoms with Gasteiger partial charge in [0.1, 0.15) is 5.03 Å². The molecule has 0 atom stereocenters. The third-order valence-corrected chi connectivity index (χ3v) is 4.06. The number of imide groups is 1. The minimum atomic E-state index is -0.492. The number of anilines is 2. The first kappa shape index (κ1) is 15.3. The lowest BCUT2D eigenvalue weighted by molar-refractivity contribution is -0.119. The maximum absolute atomic E-state index is 12.7. The minimum absolute atomic E-state index is 0.0436. The van der Waals surface area contributed by atoms with E-state index in [0.29, 0.717) is 11.3 Å². The van der Waals surface area contributed by atoms with Crippen molar-refractivity contribution in [2.24, 2.45) is 0 Å². The van der Waals surface area contributed by atoms with Crippen LogP contribution in [0.3, 0.4) is 0 Å². The number of nitrogens with zero attached hydrogens (tertiary/aromatic N) is 2. The van der Waals surface area contributed by atoms with Gasteiger partial charge in [0, 0.05) is 19.8 Å². The largest absolute Gasteiger partial charge is 0.378 e. The van der Waals surface area contributed by atoms with Gasteiger partial charge in [-0.1, -0.05) is 41.9 Å². The maximum atomic E-state index is 12.7. The molecule has 2 amide bonds. The summed E-state index contributed by atoms with van der Waals surface area (Å²) in [4.78, 5) is 28.2. The normalized spacial score (nSPS) is 14.7. The summed E-state index contributed by atoms with van der Waals surface area (Å²) < 4.78 is 0. The summed E-state index contributed by atoms with van der Waals surface area (Å²) in [6.07, 6.45) is 0. The van der Waals surface area contributed by atoms with Crippen LogP contribution < -0.4 is 9.80 Å². The van der Waals surface area contributed by atoms with Gasteiger partial charge < -0.3 is 4.90 Å². The number of hydrogen-bond donors (Lipinski definition) is 0. The minimum Gasteiger partial charge on any atom is -0.378 e. The molecule has 5 heteroatoms. The number of carbonyl (C=O) groups excluding carboxylic acids is 2. The molecule has 1 aliphatic heterocycles. The highest BCUT2D eigenvalue weighted by atomic mass is 35.5. The monoisotopic (exact) mass is 326 g/mol. The Morgan fingerprint density at radius 2 is 1.48 bits per heavy atom. The molecule has 0 radical (unpaired) electrons. The summed E-state index contributed by atoms with van der Waals surface area (Å²) in [6, 6.07) is 16.2. The van der Waals surface area contributed by atoms with Gasteiger partial charge in [0.15, 0.2) is 0 Å². The van der Waals surface area contributed by atoms with E-state index >= 15 is 0 Å². The number of benzene rings is 2. The Labute approximate surface area is 139 Å². The summed E-state index contributed by atoms with van der Waals surface area (Å²) in [7, 11) is 3.85. The first-order valence-corrected chi connectivity index (χ1v) is 7.50. The molecule has 0 saturated carbocycles. The van der Waals surface area contributed by atoms with Gasteiger partial charge in [-0.05, 0) is 29.8 Å². The Kier molecular flexibility index (Phi) is 3.92. The van der Waals surface area contributed by atoms with Crippen molar-refractivity contribution >= 4 is 40.4 Å². The van der Waals surface area contributed by atoms with E-state index in [-0.39, 0.29) is 10.6 Å². The molecule has 0 unspecified atom stereocenters. The number of carbonyl (C=O) groups is 2. The summed E-state index contributed by atoms with van der Waals surface area (Å²) in [6.45, 7) is 0. The molecule has 3 rings (SSSR count). The predicted molar refractivity (Wildman–Crippen MR) is 92.5 cm³/mol. The van der Waals surface area contributed by atoms with Gasteiger partial charge in [-0.25, -0.2) is 4.90 Å². The predicted octanol–water partition coefficient (Wildman–Crippen LogP) is 3.28. The van der Waals surface area contributed by atoms with Crippen LogP contribution in [0.15, 0.2) is 59.6 Å². The van der Waals surface area contributed by atoms with Gasteiger partial charge in [-0.15, -0.1) is 0 Å². The van der Waals surface area contributed by atoms with Crippen molar-refractivity contribution in [3.63, 3.8) is 0 Å². The maximum Gasteiger partial charge on any atom is 0.277 e. The number of hydrogen-bond acceptors (Lipinski definition) is 3. The Morgan fingerprint density at radius 3 is 2.04 bits per heavy atom. The molecule has 0 N–H and O–H groups in total. The van der Waals surface area contributed by atoms with Crippen molar-refractivity contribution in [1.29, 1.82) is 0 Å². The molecule has 23 heavy (non-hydrogen) atoms. The van der Waals surface area contributed by atoms with E-state index in [1.165, 1.54) is 0 Å². The Hall–Kier alpha value is -2.59. The molecule has 0 fully saturated rings. The van der Waals surface area contributed by atoms with Gasteiger partial charge in [0.25, 0.3) is 11.8 Å². The lowest BCUT2D eigenvalue weighted by atomic mass is 10.1. The van der Waals surface area contributed by atoms with Gasteiger partial charge in [-0.3, -0.25) is 9.59 Å². The van der Waals surface area contributed by atoms with Crippen LogP contribution in [-0.2, 0) is 9.59 Å². The third kappa shape index (κ3) is 2.62. The van der Waals surface area contributed by atoms with E-state index in [1.54, 1.807) is 36.4 Å². The molecule has 0 spiro atoms. The fraction of sp³-hybridized carbons (Fsp3) is 0.111. The standard InChI is InChI=1S/C18H15ClN2O2/c1-20(2)13-8-10-14(11-9-13)21-17(22)15(16(19)18(21)23)12-6-4-3-5-7-12/h3-11H,1-2H3. The Balaban J connectivity index is 1.98. The van der Waals surface area contributed by atoms with Crippen molar-refractivity contribution in [2.45, 2.75) is 0 Å². The van der Waals surface area contributed by atoms with Gasteiger partial charge in [-0.2, -0.15) is 0 Å².